The number of ether oxygens (including phenoxy) is 1. The highest BCUT2D eigenvalue weighted by Crippen LogP contribution is 2.37. The minimum Gasteiger partial charge on any atom is -0.496 e. The van der Waals surface area contributed by atoms with Crippen LogP contribution in [-0.2, 0) is 0 Å². The predicted molar refractivity (Wildman–Crippen MR) is 82.4 cm³/mol. The molecule has 1 saturated heterocycles. The summed E-state index contributed by atoms with van der Waals surface area (Å²) in [5, 5.41) is 11.3. The maximum Gasteiger partial charge on any atom is 0.126 e. The summed E-state index contributed by atoms with van der Waals surface area (Å²) in [5.41, 5.74) is 2.00. The summed E-state index contributed by atoms with van der Waals surface area (Å²) in [4.78, 5) is 2.37. The second kappa shape index (κ2) is 6.06. The van der Waals surface area contributed by atoms with Crippen LogP contribution in [0, 0.1) is 0 Å². The zero-order valence-corrected chi connectivity index (χ0v) is 12.9. The molecule has 0 saturated carbocycles. The summed E-state index contributed by atoms with van der Waals surface area (Å²) in [6.07, 6.45) is -0.522. The number of anilines is 1. The number of methoxy groups -OCH3 is 1. The first-order valence-electron chi connectivity index (χ1n) is 6.78. The van der Waals surface area contributed by atoms with Crippen LogP contribution in [0.25, 0.3) is 0 Å². The van der Waals surface area contributed by atoms with Crippen molar-refractivity contribution < 1.29 is 9.84 Å². The van der Waals surface area contributed by atoms with Gasteiger partial charge in [-0.3, -0.25) is 0 Å². The Morgan fingerprint density at radius 3 is 2.47 bits per heavy atom. The molecule has 0 radical (unpaired) electrons. The fourth-order valence-corrected chi connectivity index (χ4v) is 4.11. The van der Waals surface area contributed by atoms with Gasteiger partial charge in [0.05, 0.1) is 13.2 Å². The van der Waals surface area contributed by atoms with E-state index >= 15 is 0 Å². The topological polar surface area (TPSA) is 32.7 Å². The maximum absolute atomic E-state index is 10.1. The molecule has 4 heteroatoms. The monoisotopic (exact) mass is 281 g/mol. The van der Waals surface area contributed by atoms with E-state index in [1.54, 1.807) is 14.0 Å². The van der Waals surface area contributed by atoms with Gasteiger partial charge in [-0.2, -0.15) is 11.8 Å². The van der Waals surface area contributed by atoms with Gasteiger partial charge in [0.25, 0.3) is 0 Å². The van der Waals surface area contributed by atoms with E-state index < -0.39 is 6.10 Å². The molecule has 0 amide bonds. The van der Waals surface area contributed by atoms with Gasteiger partial charge in [0.15, 0.2) is 0 Å². The third kappa shape index (κ3) is 3.18. The summed E-state index contributed by atoms with van der Waals surface area (Å²) in [6, 6.07) is 5.99. The highest BCUT2D eigenvalue weighted by Gasteiger charge is 2.26. The number of benzene rings is 1. The molecule has 19 heavy (non-hydrogen) atoms. The SMILES string of the molecule is COc1cccc(N2CC(C)SC(C)C2)c1C(C)O. The maximum atomic E-state index is 10.1. The van der Waals surface area contributed by atoms with Gasteiger partial charge in [0.2, 0.25) is 0 Å². The number of rotatable bonds is 3. The smallest absolute Gasteiger partial charge is 0.126 e. The van der Waals surface area contributed by atoms with E-state index in [0.717, 1.165) is 30.1 Å². The standard InChI is InChI=1S/C15H23NO2S/c1-10-8-16(9-11(2)19-10)13-6-5-7-14(18-4)15(13)12(3)17/h5-7,10-12,17H,8-9H2,1-4H3. The van der Waals surface area contributed by atoms with Gasteiger partial charge in [-0.25, -0.2) is 0 Å². The number of aliphatic hydroxyl groups excluding tert-OH is 1. The van der Waals surface area contributed by atoms with E-state index in [1.165, 1.54) is 0 Å². The van der Waals surface area contributed by atoms with Gasteiger partial charge in [0.1, 0.15) is 5.75 Å². The Morgan fingerprint density at radius 2 is 1.95 bits per heavy atom. The summed E-state index contributed by atoms with van der Waals surface area (Å²) in [7, 11) is 1.66. The van der Waals surface area contributed by atoms with Gasteiger partial charge in [-0.05, 0) is 19.1 Å². The fourth-order valence-electron chi connectivity index (χ4n) is 2.78. The van der Waals surface area contributed by atoms with Crippen molar-refractivity contribution in [1.29, 1.82) is 0 Å². The van der Waals surface area contributed by atoms with Crippen LogP contribution >= 0.6 is 11.8 Å². The van der Waals surface area contributed by atoms with Crippen molar-refractivity contribution in [3.63, 3.8) is 0 Å². The van der Waals surface area contributed by atoms with Crippen molar-refractivity contribution in [2.75, 3.05) is 25.1 Å². The normalized spacial score (nSPS) is 25.2. The summed E-state index contributed by atoms with van der Waals surface area (Å²) < 4.78 is 5.40. The van der Waals surface area contributed by atoms with Gasteiger partial charge < -0.3 is 14.7 Å². The van der Waals surface area contributed by atoms with E-state index in [4.69, 9.17) is 4.74 Å². The second-order valence-electron chi connectivity index (χ2n) is 5.23. The minimum atomic E-state index is -0.522. The van der Waals surface area contributed by atoms with Gasteiger partial charge in [-0.1, -0.05) is 19.9 Å². The first kappa shape index (κ1) is 14.5. The van der Waals surface area contributed by atoms with Crippen LogP contribution in [-0.4, -0.2) is 35.8 Å². The first-order chi connectivity index (χ1) is 9.02. The first-order valence-corrected chi connectivity index (χ1v) is 7.72. The zero-order chi connectivity index (χ0) is 14.0. The van der Waals surface area contributed by atoms with E-state index in [9.17, 15) is 5.11 Å². The lowest BCUT2D eigenvalue weighted by molar-refractivity contribution is 0.194. The summed E-state index contributed by atoms with van der Waals surface area (Å²) >= 11 is 2.03. The Balaban J connectivity index is 2.38. The number of thioether (sulfide) groups is 1. The van der Waals surface area contributed by atoms with Gasteiger partial charge in [0, 0.05) is 34.8 Å². The molecule has 1 aromatic carbocycles. The molecule has 0 spiro atoms. The van der Waals surface area contributed by atoms with Crippen molar-refractivity contribution >= 4 is 17.4 Å². The Labute approximate surface area is 120 Å². The molecule has 1 N–H and O–H groups in total. The zero-order valence-electron chi connectivity index (χ0n) is 12.1. The molecule has 1 aliphatic heterocycles. The number of hydrogen-bond donors (Lipinski definition) is 1. The molecular weight excluding hydrogens is 258 g/mol. The van der Waals surface area contributed by atoms with Crippen molar-refractivity contribution in [1.82, 2.24) is 0 Å². The number of nitrogens with zero attached hydrogens (tertiary/aromatic N) is 1. The van der Waals surface area contributed by atoms with Crippen LogP contribution in [0.2, 0.25) is 0 Å². The molecule has 1 aromatic rings. The van der Waals surface area contributed by atoms with Crippen LogP contribution in [0.1, 0.15) is 32.4 Å². The predicted octanol–water partition coefficient (Wildman–Crippen LogP) is 3.08. The molecule has 3 nitrogen and oxygen atoms in total. The second-order valence-corrected chi connectivity index (χ2v) is 7.11. The number of aliphatic hydroxyl groups is 1. The highest BCUT2D eigenvalue weighted by molar-refractivity contribution is 8.00. The molecule has 1 fully saturated rings. The van der Waals surface area contributed by atoms with E-state index in [0.29, 0.717) is 10.5 Å². The Bertz CT molecular complexity index is 426. The molecular formula is C15H23NO2S. The molecule has 2 rings (SSSR count). The van der Waals surface area contributed by atoms with Gasteiger partial charge in [-0.15, -0.1) is 0 Å². The lowest BCUT2D eigenvalue weighted by Crippen LogP contribution is -2.41. The van der Waals surface area contributed by atoms with Crippen molar-refractivity contribution in [3.8, 4) is 5.75 Å². The average Bonchev–Trinajstić information content (AvgIpc) is 2.36. The van der Waals surface area contributed by atoms with Crippen molar-refractivity contribution in [2.45, 2.75) is 37.4 Å². The van der Waals surface area contributed by atoms with E-state index in [1.807, 2.05) is 23.9 Å². The van der Waals surface area contributed by atoms with Crippen molar-refractivity contribution in [2.24, 2.45) is 0 Å². The Kier molecular flexibility index (Phi) is 4.63. The van der Waals surface area contributed by atoms with E-state index in [-0.39, 0.29) is 0 Å². The Hall–Kier alpha value is -0.870. The van der Waals surface area contributed by atoms with Crippen LogP contribution < -0.4 is 9.64 Å². The summed E-state index contributed by atoms with van der Waals surface area (Å²) in [5.74, 6) is 0.769. The fraction of sp³-hybridized carbons (Fsp3) is 0.600. The average molecular weight is 281 g/mol. The quantitative estimate of drug-likeness (QED) is 0.923. The molecule has 3 unspecified atom stereocenters. The minimum absolute atomic E-state index is 0.522. The third-order valence-electron chi connectivity index (χ3n) is 3.44. The van der Waals surface area contributed by atoms with Gasteiger partial charge >= 0.3 is 0 Å². The molecule has 0 bridgehead atoms. The largest absolute Gasteiger partial charge is 0.496 e. The molecule has 0 aromatic heterocycles. The van der Waals surface area contributed by atoms with E-state index in [2.05, 4.69) is 24.8 Å². The molecule has 106 valence electrons. The van der Waals surface area contributed by atoms with Crippen LogP contribution in [0.4, 0.5) is 5.69 Å². The molecule has 0 aliphatic carbocycles. The molecule has 1 heterocycles. The van der Waals surface area contributed by atoms with Crippen LogP contribution in [0.5, 0.6) is 5.75 Å². The van der Waals surface area contributed by atoms with Crippen LogP contribution in [0.15, 0.2) is 18.2 Å². The Morgan fingerprint density at radius 1 is 1.32 bits per heavy atom. The lowest BCUT2D eigenvalue weighted by Gasteiger charge is -2.37. The molecule has 1 aliphatic rings. The summed E-state index contributed by atoms with van der Waals surface area (Å²) in [6.45, 7) is 8.35. The third-order valence-corrected chi connectivity index (χ3v) is 4.67. The highest BCUT2D eigenvalue weighted by atomic mass is 32.2. The lowest BCUT2D eigenvalue weighted by atomic mass is 10.0. The van der Waals surface area contributed by atoms with Crippen molar-refractivity contribution in [3.05, 3.63) is 23.8 Å². The number of hydrogen-bond acceptors (Lipinski definition) is 4. The van der Waals surface area contributed by atoms with Crippen LogP contribution in [0.3, 0.4) is 0 Å². The molecule has 3 atom stereocenters.